The van der Waals surface area contributed by atoms with Crippen LogP contribution in [0.4, 0.5) is 11.5 Å². The second kappa shape index (κ2) is 7.61. The van der Waals surface area contributed by atoms with Crippen molar-refractivity contribution < 1.29 is 4.74 Å². The van der Waals surface area contributed by atoms with E-state index in [9.17, 15) is 0 Å². The Morgan fingerprint density at radius 3 is 2.79 bits per heavy atom. The quantitative estimate of drug-likeness (QED) is 0.705. The minimum Gasteiger partial charge on any atom is -0.378 e. The second-order valence-corrected chi connectivity index (χ2v) is 7.94. The molecule has 0 radical (unpaired) electrons. The van der Waals surface area contributed by atoms with Crippen LogP contribution in [0.3, 0.4) is 0 Å². The van der Waals surface area contributed by atoms with Crippen LogP contribution in [-0.2, 0) is 4.74 Å². The number of anilines is 2. The summed E-state index contributed by atoms with van der Waals surface area (Å²) in [6.45, 7) is 9.61. The number of ether oxygens (including phenoxy) is 1. The molecule has 5 rings (SSSR count). The van der Waals surface area contributed by atoms with Crippen molar-refractivity contribution in [2.45, 2.75) is 25.9 Å². The maximum absolute atomic E-state index is 5.56. The molecule has 0 aliphatic carbocycles. The van der Waals surface area contributed by atoms with Gasteiger partial charge in [-0.2, -0.15) is 5.10 Å². The lowest BCUT2D eigenvalue weighted by Gasteiger charge is -2.40. The number of piperazine rings is 1. The number of pyridine rings is 2. The summed E-state index contributed by atoms with van der Waals surface area (Å²) < 4.78 is 5.56. The van der Waals surface area contributed by atoms with Crippen LogP contribution < -0.4 is 15.1 Å². The van der Waals surface area contributed by atoms with E-state index < -0.39 is 0 Å². The first-order valence-electron chi connectivity index (χ1n) is 10.3. The first-order valence-corrected chi connectivity index (χ1v) is 10.3. The van der Waals surface area contributed by atoms with Crippen LogP contribution in [0.25, 0.3) is 22.3 Å². The van der Waals surface area contributed by atoms with Crippen LogP contribution in [0.2, 0.25) is 0 Å². The molecule has 2 aliphatic heterocycles. The largest absolute Gasteiger partial charge is 0.378 e. The molecule has 2 aliphatic rings. The lowest BCUT2D eigenvalue weighted by molar-refractivity contribution is 0.122. The fourth-order valence-corrected chi connectivity index (χ4v) is 4.25. The number of nitrogens with zero attached hydrogens (tertiary/aromatic N) is 5. The van der Waals surface area contributed by atoms with Gasteiger partial charge in [0.25, 0.3) is 0 Å². The van der Waals surface area contributed by atoms with Crippen molar-refractivity contribution in [1.29, 1.82) is 0 Å². The van der Waals surface area contributed by atoms with Gasteiger partial charge in [-0.25, -0.2) is 4.98 Å². The number of aromatic amines is 1. The van der Waals surface area contributed by atoms with E-state index in [1.807, 2.05) is 12.3 Å². The van der Waals surface area contributed by atoms with Crippen LogP contribution in [0.15, 0.2) is 30.6 Å². The molecule has 29 heavy (non-hydrogen) atoms. The SMILES string of the molecule is CC1CN(c2cc(N3CCOCC3)nc3c(-c4ccn[nH]4)nccc23)C(C)CN1. The third-order valence-corrected chi connectivity index (χ3v) is 5.86. The number of fused-ring (bicyclic) bond motifs is 1. The van der Waals surface area contributed by atoms with Crippen molar-refractivity contribution in [3.05, 3.63) is 30.6 Å². The summed E-state index contributed by atoms with van der Waals surface area (Å²) in [5.41, 5.74) is 3.86. The number of hydrogen-bond donors (Lipinski definition) is 2. The van der Waals surface area contributed by atoms with Gasteiger partial charge in [0.05, 0.1) is 24.6 Å². The van der Waals surface area contributed by atoms with Gasteiger partial charge in [-0.05, 0) is 26.0 Å². The normalized spacial score (nSPS) is 23.0. The lowest BCUT2D eigenvalue weighted by atomic mass is 10.1. The summed E-state index contributed by atoms with van der Waals surface area (Å²) in [7, 11) is 0. The Hall–Kier alpha value is -2.71. The van der Waals surface area contributed by atoms with Crippen LogP contribution in [0, 0.1) is 0 Å². The zero-order valence-corrected chi connectivity index (χ0v) is 16.9. The topological polar surface area (TPSA) is 82.2 Å². The average Bonchev–Trinajstić information content (AvgIpc) is 3.29. The van der Waals surface area contributed by atoms with Gasteiger partial charge >= 0.3 is 0 Å². The summed E-state index contributed by atoms with van der Waals surface area (Å²) in [5, 5.41) is 11.9. The second-order valence-electron chi connectivity index (χ2n) is 7.94. The Balaban J connectivity index is 1.70. The van der Waals surface area contributed by atoms with Crippen molar-refractivity contribution in [1.82, 2.24) is 25.5 Å². The monoisotopic (exact) mass is 393 g/mol. The van der Waals surface area contributed by atoms with Crippen molar-refractivity contribution in [3.63, 3.8) is 0 Å². The molecule has 3 aromatic rings. The van der Waals surface area contributed by atoms with E-state index in [0.29, 0.717) is 12.1 Å². The molecule has 0 aromatic carbocycles. The van der Waals surface area contributed by atoms with Crippen LogP contribution >= 0.6 is 0 Å². The van der Waals surface area contributed by atoms with Gasteiger partial charge < -0.3 is 19.9 Å². The number of aromatic nitrogens is 4. The first kappa shape index (κ1) is 18.3. The van der Waals surface area contributed by atoms with Crippen molar-refractivity contribution >= 4 is 22.4 Å². The number of hydrogen-bond acceptors (Lipinski definition) is 7. The first-order chi connectivity index (χ1) is 14.2. The van der Waals surface area contributed by atoms with Crippen LogP contribution in [0.1, 0.15) is 13.8 Å². The van der Waals surface area contributed by atoms with E-state index in [1.165, 1.54) is 5.69 Å². The number of nitrogens with one attached hydrogen (secondary N) is 2. The van der Waals surface area contributed by atoms with Gasteiger partial charge in [-0.3, -0.25) is 10.1 Å². The molecule has 0 saturated carbocycles. The molecule has 2 unspecified atom stereocenters. The molecule has 2 saturated heterocycles. The van der Waals surface area contributed by atoms with Gasteiger partial charge in [0.2, 0.25) is 0 Å². The summed E-state index contributed by atoms with van der Waals surface area (Å²) in [5.74, 6) is 0.989. The van der Waals surface area contributed by atoms with Gasteiger partial charge in [-0.1, -0.05) is 0 Å². The predicted molar refractivity (Wildman–Crippen MR) is 114 cm³/mol. The third kappa shape index (κ3) is 3.42. The van der Waals surface area contributed by atoms with Gasteiger partial charge in [-0.15, -0.1) is 0 Å². The number of morpholine rings is 1. The Bertz CT molecular complexity index is 984. The van der Waals surface area contributed by atoms with E-state index in [-0.39, 0.29) is 0 Å². The average molecular weight is 393 g/mol. The van der Waals surface area contributed by atoms with Crippen molar-refractivity contribution in [2.75, 3.05) is 49.2 Å². The predicted octanol–water partition coefficient (Wildman–Crippen LogP) is 2.04. The molecule has 0 amide bonds. The molecular formula is C21H27N7O. The minimum atomic E-state index is 0.401. The van der Waals surface area contributed by atoms with E-state index in [4.69, 9.17) is 9.72 Å². The third-order valence-electron chi connectivity index (χ3n) is 5.86. The van der Waals surface area contributed by atoms with Crippen LogP contribution in [-0.4, -0.2) is 71.6 Å². The Morgan fingerprint density at radius 1 is 1.14 bits per heavy atom. The zero-order valence-electron chi connectivity index (χ0n) is 16.9. The van der Waals surface area contributed by atoms with Gasteiger partial charge in [0.1, 0.15) is 17.0 Å². The molecule has 2 fully saturated rings. The van der Waals surface area contributed by atoms with Gasteiger partial charge in [0, 0.05) is 62.1 Å². The highest BCUT2D eigenvalue weighted by Gasteiger charge is 2.26. The Morgan fingerprint density at radius 2 is 2.00 bits per heavy atom. The molecule has 5 heterocycles. The van der Waals surface area contributed by atoms with E-state index in [2.05, 4.69) is 56.3 Å². The smallest absolute Gasteiger partial charge is 0.131 e. The van der Waals surface area contributed by atoms with E-state index in [0.717, 1.165) is 67.5 Å². The molecule has 152 valence electrons. The van der Waals surface area contributed by atoms with Crippen molar-refractivity contribution in [2.24, 2.45) is 0 Å². The number of rotatable bonds is 3. The summed E-state index contributed by atoms with van der Waals surface area (Å²) in [4.78, 5) is 14.5. The minimum absolute atomic E-state index is 0.401. The molecule has 0 spiro atoms. The highest BCUT2D eigenvalue weighted by Crippen LogP contribution is 2.35. The lowest BCUT2D eigenvalue weighted by Crippen LogP contribution is -2.54. The molecule has 2 N–H and O–H groups in total. The standard InChI is InChI=1S/C21H27N7O/c1-14-13-28(15(2)12-23-14)18-11-19(27-7-9-29-10-8-27)25-20-16(18)3-5-22-21(20)17-4-6-24-26-17/h3-6,11,14-15,23H,7-10,12-13H2,1-2H3,(H,24,26). The molecular weight excluding hydrogens is 366 g/mol. The summed E-state index contributed by atoms with van der Waals surface area (Å²) in [6.07, 6.45) is 3.62. The van der Waals surface area contributed by atoms with E-state index in [1.54, 1.807) is 6.20 Å². The molecule has 8 heteroatoms. The highest BCUT2D eigenvalue weighted by atomic mass is 16.5. The maximum Gasteiger partial charge on any atom is 0.131 e. The van der Waals surface area contributed by atoms with E-state index >= 15 is 0 Å². The molecule has 3 aromatic heterocycles. The number of H-pyrrole nitrogens is 1. The Kier molecular flexibility index (Phi) is 4.81. The summed E-state index contributed by atoms with van der Waals surface area (Å²) >= 11 is 0. The fourth-order valence-electron chi connectivity index (χ4n) is 4.25. The van der Waals surface area contributed by atoms with Crippen molar-refractivity contribution in [3.8, 4) is 11.4 Å². The molecule has 2 atom stereocenters. The maximum atomic E-state index is 5.56. The molecule has 0 bridgehead atoms. The van der Waals surface area contributed by atoms with Crippen LogP contribution in [0.5, 0.6) is 0 Å². The fraction of sp³-hybridized carbons (Fsp3) is 0.476. The Labute approximate surface area is 170 Å². The molecule has 8 nitrogen and oxygen atoms in total. The summed E-state index contributed by atoms with van der Waals surface area (Å²) in [6, 6.07) is 7.12. The van der Waals surface area contributed by atoms with Gasteiger partial charge in [0.15, 0.2) is 0 Å². The highest BCUT2D eigenvalue weighted by molar-refractivity contribution is 6.00. The zero-order chi connectivity index (χ0) is 19.8.